The SMILES string of the molecule is CC.CNc1c(C)c(=O)c1=O. The van der Waals surface area contributed by atoms with Crippen molar-refractivity contribution in [2.45, 2.75) is 20.8 Å². The molecule has 0 amide bonds. The van der Waals surface area contributed by atoms with Crippen LogP contribution < -0.4 is 16.2 Å². The molecule has 3 nitrogen and oxygen atoms in total. The van der Waals surface area contributed by atoms with Gasteiger partial charge in [0.25, 0.3) is 0 Å². The summed E-state index contributed by atoms with van der Waals surface area (Å²) in [5.41, 5.74) is 0.247. The molecular weight excluding hydrogens is 142 g/mol. The van der Waals surface area contributed by atoms with E-state index in [4.69, 9.17) is 0 Å². The minimum absolute atomic E-state index is 0.362. The molecule has 3 heteroatoms. The number of rotatable bonds is 1. The highest BCUT2D eigenvalue weighted by Crippen LogP contribution is 2.01. The molecule has 0 heterocycles. The van der Waals surface area contributed by atoms with Crippen molar-refractivity contribution >= 4 is 5.69 Å². The molecular formula is C8H13NO2. The quantitative estimate of drug-likeness (QED) is 0.606. The van der Waals surface area contributed by atoms with Gasteiger partial charge >= 0.3 is 0 Å². The van der Waals surface area contributed by atoms with Crippen molar-refractivity contribution in [3.05, 3.63) is 26.0 Å². The first-order chi connectivity index (χ1) is 5.18. The van der Waals surface area contributed by atoms with E-state index in [2.05, 4.69) is 5.32 Å². The standard InChI is InChI=1S/C6H7NO2.C2H6/c1-3-4(7-2)6(9)5(3)8;1-2/h7H,1-2H3;1-2H3. The lowest BCUT2D eigenvalue weighted by atomic mass is 10.1. The maximum atomic E-state index is 10.5. The predicted octanol–water partition coefficient (Wildman–Crippen LogP) is 0.659. The molecule has 1 aromatic rings. The van der Waals surface area contributed by atoms with Gasteiger partial charge in [0, 0.05) is 12.6 Å². The average molecular weight is 155 g/mol. The molecule has 0 aliphatic carbocycles. The van der Waals surface area contributed by atoms with Crippen LogP contribution in [0.1, 0.15) is 19.4 Å². The maximum absolute atomic E-state index is 10.5. The Morgan fingerprint density at radius 2 is 1.55 bits per heavy atom. The second-order valence-electron chi connectivity index (χ2n) is 1.91. The van der Waals surface area contributed by atoms with E-state index < -0.39 is 5.43 Å². The number of hydrogen-bond donors (Lipinski definition) is 1. The molecule has 0 spiro atoms. The smallest absolute Gasteiger partial charge is 0.249 e. The lowest BCUT2D eigenvalue weighted by Crippen LogP contribution is -2.36. The molecule has 0 aliphatic rings. The maximum Gasteiger partial charge on any atom is 0.249 e. The second kappa shape index (κ2) is 3.91. The highest BCUT2D eigenvalue weighted by atomic mass is 16.2. The van der Waals surface area contributed by atoms with Crippen molar-refractivity contribution in [2.24, 2.45) is 0 Å². The van der Waals surface area contributed by atoms with E-state index >= 15 is 0 Å². The highest BCUT2D eigenvalue weighted by Gasteiger charge is 2.13. The summed E-state index contributed by atoms with van der Waals surface area (Å²) in [6.45, 7) is 5.63. The van der Waals surface area contributed by atoms with Crippen LogP contribution >= 0.6 is 0 Å². The lowest BCUT2D eigenvalue weighted by Gasteiger charge is -2.03. The fourth-order valence-electron chi connectivity index (χ4n) is 0.806. The first-order valence-electron chi connectivity index (χ1n) is 3.66. The van der Waals surface area contributed by atoms with Gasteiger partial charge in [-0.15, -0.1) is 0 Å². The molecule has 0 bridgehead atoms. The van der Waals surface area contributed by atoms with Crippen LogP contribution in [0.3, 0.4) is 0 Å². The van der Waals surface area contributed by atoms with Crippen molar-refractivity contribution in [3.63, 3.8) is 0 Å². The molecule has 0 atom stereocenters. The Morgan fingerprint density at radius 1 is 1.09 bits per heavy atom. The minimum atomic E-state index is -0.394. The molecule has 62 valence electrons. The van der Waals surface area contributed by atoms with Crippen molar-refractivity contribution in [3.8, 4) is 0 Å². The Labute approximate surface area is 65.7 Å². The van der Waals surface area contributed by atoms with E-state index in [0.29, 0.717) is 11.3 Å². The van der Waals surface area contributed by atoms with Crippen LogP contribution in [-0.4, -0.2) is 7.05 Å². The van der Waals surface area contributed by atoms with E-state index in [9.17, 15) is 9.59 Å². The Bertz CT molecular complexity index is 295. The molecule has 0 radical (unpaired) electrons. The van der Waals surface area contributed by atoms with E-state index in [1.54, 1.807) is 14.0 Å². The first kappa shape index (κ1) is 9.88. The first-order valence-corrected chi connectivity index (χ1v) is 3.66. The van der Waals surface area contributed by atoms with Gasteiger partial charge in [-0.1, -0.05) is 13.8 Å². The molecule has 1 aromatic carbocycles. The van der Waals surface area contributed by atoms with Crippen LogP contribution in [0.25, 0.3) is 0 Å². The van der Waals surface area contributed by atoms with Crippen LogP contribution in [0, 0.1) is 6.92 Å². The summed E-state index contributed by atoms with van der Waals surface area (Å²) in [5, 5.41) is 2.64. The third-order valence-electron chi connectivity index (χ3n) is 1.40. The molecule has 0 saturated heterocycles. The van der Waals surface area contributed by atoms with Gasteiger partial charge in [-0.2, -0.15) is 0 Å². The summed E-state index contributed by atoms with van der Waals surface area (Å²) in [7, 11) is 1.63. The van der Waals surface area contributed by atoms with Crippen molar-refractivity contribution in [1.29, 1.82) is 0 Å². The number of hydrogen-bond acceptors (Lipinski definition) is 3. The van der Waals surface area contributed by atoms with Gasteiger partial charge in [0.05, 0.1) is 5.69 Å². The van der Waals surface area contributed by atoms with Gasteiger partial charge < -0.3 is 5.32 Å². The van der Waals surface area contributed by atoms with E-state index in [1.807, 2.05) is 13.8 Å². The van der Waals surface area contributed by atoms with Gasteiger partial charge in [0.2, 0.25) is 10.9 Å². The van der Waals surface area contributed by atoms with Crippen molar-refractivity contribution < 1.29 is 0 Å². The van der Waals surface area contributed by atoms with Crippen molar-refractivity contribution in [1.82, 2.24) is 0 Å². The lowest BCUT2D eigenvalue weighted by molar-refractivity contribution is 1.25. The van der Waals surface area contributed by atoms with Gasteiger partial charge in [0.1, 0.15) is 0 Å². The monoisotopic (exact) mass is 155 g/mol. The van der Waals surface area contributed by atoms with E-state index in [-0.39, 0.29) is 5.43 Å². The summed E-state index contributed by atoms with van der Waals surface area (Å²) in [4.78, 5) is 21.0. The molecule has 1 N–H and O–H groups in total. The van der Waals surface area contributed by atoms with Crippen LogP contribution in [0.5, 0.6) is 0 Å². The molecule has 0 aliphatic heterocycles. The number of nitrogens with one attached hydrogen (secondary N) is 1. The highest BCUT2D eigenvalue weighted by molar-refractivity contribution is 5.54. The predicted molar refractivity (Wildman–Crippen MR) is 47.0 cm³/mol. The summed E-state index contributed by atoms with van der Waals surface area (Å²) in [5.74, 6) is 0. The largest absolute Gasteiger partial charge is 0.385 e. The number of anilines is 1. The fourth-order valence-corrected chi connectivity index (χ4v) is 0.806. The van der Waals surface area contributed by atoms with E-state index in [0.717, 1.165) is 0 Å². The van der Waals surface area contributed by atoms with Gasteiger partial charge in [-0.05, 0) is 6.92 Å². The summed E-state index contributed by atoms with van der Waals surface area (Å²) in [6, 6.07) is 0. The normalized spacial score (nSPS) is 8.73. The Hall–Kier alpha value is -1.12. The molecule has 0 saturated carbocycles. The van der Waals surface area contributed by atoms with Crippen LogP contribution in [-0.2, 0) is 0 Å². The molecule has 0 fully saturated rings. The zero-order chi connectivity index (χ0) is 9.02. The van der Waals surface area contributed by atoms with Crippen molar-refractivity contribution in [2.75, 3.05) is 12.4 Å². The Morgan fingerprint density at radius 3 is 1.73 bits per heavy atom. The average Bonchev–Trinajstić information content (AvgIpc) is 2.08. The van der Waals surface area contributed by atoms with Crippen LogP contribution in [0.15, 0.2) is 9.59 Å². The zero-order valence-corrected chi connectivity index (χ0v) is 7.32. The zero-order valence-electron chi connectivity index (χ0n) is 7.32. The van der Waals surface area contributed by atoms with Crippen LogP contribution in [0.2, 0.25) is 0 Å². The van der Waals surface area contributed by atoms with Crippen LogP contribution in [0.4, 0.5) is 5.69 Å². The molecule has 0 unspecified atom stereocenters. The third kappa shape index (κ3) is 1.48. The second-order valence-corrected chi connectivity index (χ2v) is 1.91. The summed E-state index contributed by atoms with van der Waals surface area (Å²) in [6.07, 6.45) is 0. The van der Waals surface area contributed by atoms with Gasteiger partial charge in [0.15, 0.2) is 0 Å². The third-order valence-corrected chi connectivity index (χ3v) is 1.40. The fraction of sp³-hybridized carbons (Fsp3) is 0.500. The van der Waals surface area contributed by atoms with Gasteiger partial charge in [-0.3, -0.25) is 9.59 Å². The van der Waals surface area contributed by atoms with Gasteiger partial charge in [-0.25, -0.2) is 0 Å². The molecule has 0 aromatic heterocycles. The topological polar surface area (TPSA) is 46.2 Å². The summed E-state index contributed by atoms with van der Waals surface area (Å²) >= 11 is 0. The Balaban J connectivity index is 0.000000461. The Kier molecular flexibility index (Phi) is 3.51. The van der Waals surface area contributed by atoms with E-state index in [1.165, 1.54) is 0 Å². The minimum Gasteiger partial charge on any atom is -0.385 e. The summed E-state index contributed by atoms with van der Waals surface area (Å²) < 4.78 is 0. The molecule has 11 heavy (non-hydrogen) atoms. The molecule has 1 rings (SSSR count).